The SMILES string of the molecule is CCN1CCC[C@H](c2cnc(Nc3ccccn3)cn2)C1. The van der Waals surface area contributed by atoms with E-state index in [4.69, 9.17) is 0 Å². The highest BCUT2D eigenvalue weighted by atomic mass is 15.1. The summed E-state index contributed by atoms with van der Waals surface area (Å²) in [6, 6.07) is 5.75. The van der Waals surface area contributed by atoms with Crippen LogP contribution in [0.4, 0.5) is 11.6 Å². The summed E-state index contributed by atoms with van der Waals surface area (Å²) in [6.07, 6.45) is 7.90. The Morgan fingerprint density at radius 2 is 2.14 bits per heavy atom. The lowest BCUT2D eigenvalue weighted by atomic mass is 9.95. The largest absolute Gasteiger partial charge is 0.324 e. The second-order valence-electron chi connectivity index (χ2n) is 5.40. The molecule has 0 unspecified atom stereocenters. The minimum Gasteiger partial charge on any atom is -0.324 e. The van der Waals surface area contributed by atoms with Gasteiger partial charge in [0.2, 0.25) is 0 Å². The van der Waals surface area contributed by atoms with Crippen LogP contribution in [0.1, 0.15) is 31.4 Å². The van der Waals surface area contributed by atoms with Gasteiger partial charge in [0.05, 0.1) is 18.1 Å². The maximum absolute atomic E-state index is 4.59. The Bertz CT molecular complexity index is 555. The summed E-state index contributed by atoms with van der Waals surface area (Å²) in [4.78, 5) is 15.8. The number of pyridine rings is 1. The van der Waals surface area contributed by atoms with E-state index in [-0.39, 0.29) is 0 Å². The first-order chi connectivity index (χ1) is 10.3. The molecular weight excluding hydrogens is 262 g/mol. The Labute approximate surface area is 125 Å². The molecule has 0 aliphatic carbocycles. The molecule has 3 rings (SSSR count). The fourth-order valence-electron chi connectivity index (χ4n) is 2.77. The smallest absolute Gasteiger partial charge is 0.150 e. The summed E-state index contributed by atoms with van der Waals surface area (Å²) in [6.45, 7) is 5.63. The summed E-state index contributed by atoms with van der Waals surface area (Å²) in [5, 5.41) is 3.16. The van der Waals surface area contributed by atoms with Crippen molar-refractivity contribution in [2.24, 2.45) is 0 Å². The van der Waals surface area contributed by atoms with E-state index < -0.39 is 0 Å². The molecule has 0 amide bonds. The number of hydrogen-bond acceptors (Lipinski definition) is 5. The molecule has 1 aliphatic rings. The van der Waals surface area contributed by atoms with Crippen LogP contribution in [0.3, 0.4) is 0 Å². The van der Waals surface area contributed by atoms with E-state index in [0.717, 1.165) is 30.4 Å². The highest BCUT2D eigenvalue weighted by Gasteiger charge is 2.21. The van der Waals surface area contributed by atoms with Gasteiger partial charge in [-0.1, -0.05) is 13.0 Å². The third kappa shape index (κ3) is 3.55. The van der Waals surface area contributed by atoms with Gasteiger partial charge in [0, 0.05) is 18.7 Å². The molecule has 3 heterocycles. The molecule has 21 heavy (non-hydrogen) atoms. The molecule has 1 N–H and O–H groups in total. The average Bonchev–Trinajstić information content (AvgIpc) is 2.56. The van der Waals surface area contributed by atoms with Gasteiger partial charge in [0.1, 0.15) is 11.6 Å². The van der Waals surface area contributed by atoms with Gasteiger partial charge in [0.15, 0.2) is 0 Å². The van der Waals surface area contributed by atoms with Gasteiger partial charge in [-0.15, -0.1) is 0 Å². The van der Waals surface area contributed by atoms with E-state index in [1.807, 2.05) is 24.4 Å². The molecule has 0 spiro atoms. The lowest BCUT2D eigenvalue weighted by molar-refractivity contribution is 0.216. The van der Waals surface area contributed by atoms with Crippen LogP contribution < -0.4 is 5.32 Å². The molecule has 1 saturated heterocycles. The van der Waals surface area contributed by atoms with E-state index >= 15 is 0 Å². The number of aromatic nitrogens is 3. The molecule has 0 saturated carbocycles. The van der Waals surface area contributed by atoms with Crippen molar-refractivity contribution in [2.75, 3.05) is 25.0 Å². The van der Waals surface area contributed by atoms with Crippen molar-refractivity contribution in [3.63, 3.8) is 0 Å². The highest BCUT2D eigenvalue weighted by molar-refractivity contribution is 5.49. The monoisotopic (exact) mass is 283 g/mol. The van der Waals surface area contributed by atoms with Crippen LogP contribution in [0.25, 0.3) is 0 Å². The number of rotatable bonds is 4. The van der Waals surface area contributed by atoms with Gasteiger partial charge in [-0.25, -0.2) is 9.97 Å². The van der Waals surface area contributed by atoms with Crippen molar-refractivity contribution in [3.8, 4) is 0 Å². The molecule has 2 aromatic heterocycles. The number of anilines is 2. The Morgan fingerprint density at radius 1 is 1.19 bits per heavy atom. The van der Waals surface area contributed by atoms with Gasteiger partial charge in [-0.3, -0.25) is 4.98 Å². The average molecular weight is 283 g/mol. The van der Waals surface area contributed by atoms with Gasteiger partial charge in [-0.2, -0.15) is 0 Å². The van der Waals surface area contributed by atoms with E-state index in [1.54, 1.807) is 12.4 Å². The third-order valence-electron chi connectivity index (χ3n) is 3.96. The van der Waals surface area contributed by atoms with Crippen LogP contribution in [0.15, 0.2) is 36.8 Å². The van der Waals surface area contributed by atoms with Gasteiger partial charge in [-0.05, 0) is 38.1 Å². The van der Waals surface area contributed by atoms with Crippen molar-refractivity contribution >= 4 is 11.6 Å². The molecule has 110 valence electrons. The lowest BCUT2D eigenvalue weighted by Crippen LogP contribution is -2.34. The lowest BCUT2D eigenvalue weighted by Gasteiger charge is -2.31. The van der Waals surface area contributed by atoms with Gasteiger partial charge >= 0.3 is 0 Å². The maximum Gasteiger partial charge on any atom is 0.150 e. The quantitative estimate of drug-likeness (QED) is 0.935. The van der Waals surface area contributed by atoms with E-state index in [9.17, 15) is 0 Å². The number of piperidine rings is 1. The van der Waals surface area contributed by atoms with Gasteiger partial charge in [0.25, 0.3) is 0 Å². The first kappa shape index (κ1) is 13.9. The number of nitrogens with zero attached hydrogens (tertiary/aromatic N) is 4. The van der Waals surface area contributed by atoms with Crippen LogP contribution in [0.5, 0.6) is 0 Å². The molecular formula is C16H21N5. The van der Waals surface area contributed by atoms with Crippen molar-refractivity contribution in [1.82, 2.24) is 19.9 Å². The molecule has 1 atom stereocenters. The zero-order valence-electron chi connectivity index (χ0n) is 12.4. The highest BCUT2D eigenvalue weighted by Crippen LogP contribution is 2.25. The molecule has 5 heteroatoms. The Morgan fingerprint density at radius 3 is 2.86 bits per heavy atom. The molecule has 1 aliphatic heterocycles. The van der Waals surface area contributed by atoms with Crippen LogP contribution in [-0.2, 0) is 0 Å². The number of likely N-dealkylation sites (tertiary alicyclic amines) is 1. The first-order valence-corrected chi connectivity index (χ1v) is 7.57. The van der Waals surface area contributed by atoms with Crippen molar-refractivity contribution in [3.05, 3.63) is 42.5 Å². The standard InChI is InChI=1S/C16H21N5/c1-2-21-9-5-6-13(12-21)14-10-19-16(11-18-14)20-15-7-3-4-8-17-15/h3-4,7-8,10-11,13H,2,5-6,9,12H2,1H3,(H,17,19,20)/t13-/m0/s1. The molecule has 5 nitrogen and oxygen atoms in total. The second-order valence-corrected chi connectivity index (χ2v) is 5.40. The minimum atomic E-state index is 0.509. The summed E-state index contributed by atoms with van der Waals surface area (Å²) in [5.41, 5.74) is 1.10. The minimum absolute atomic E-state index is 0.509. The fourth-order valence-corrected chi connectivity index (χ4v) is 2.77. The Hall–Kier alpha value is -2.01. The summed E-state index contributed by atoms with van der Waals surface area (Å²) in [5.74, 6) is 2.03. The summed E-state index contributed by atoms with van der Waals surface area (Å²) >= 11 is 0. The van der Waals surface area contributed by atoms with Gasteiger partial charge < -0.3 is 10.2 Å². The van der Waals surface area contributed by atoms with Crippen LogP contribution >= 0.6 is 0 Å². The second kappa shape index (κ2) is 6.63. The first-order valence-electron chi connectivity index (χ1n) is 7.57. The summed E-state index contributed by atoms with van der Waals surface area (Å²) < 4.78 is 0. The van der Waals surface area contributed by atoms with E-state index in [1.165, 1.54) is 19.4 Å². The maximum atomic E-state index is 4.59. The predicted octanol–water partition coefficient (Wildman–Crippen LogP) is 2.81. The molecule has 0 radical (unpaired) electrons. The zero-order valence-corrected chi connectivity index (χ0v) is 12.4. The van der Waals surface area contributed by atoms with Crippen LogP contribution in [-0.4, -0.2) is 39.5 Å². The third-order valence-corrected chi connectivity index (χ3v) is 3.96. The topological polar surface area (TPSA) is 53.9 Å². The normalized spacial score (nSPS) is 19.4. The van der Waals surface area contributed by atoms with Crippen molar-refractivity contribution in [1.29, 1.82) is 0 Å². The van der Waals surface area contributed by atoms with Crippen LogP contribution in [0, 0.1) is 0 Å². The van der Waals surface area contributed by atoms with Crippen molar-refractivity contribution in [2.45, 2.75) is 25.7 Å². The fraction of sp³-hybridized carbons (Fsp3) is 0.438. The zero-order chi connectivity index (χ0) is 14.5. The summed E-state index contributed by atoms with van der Waals surface area (Å²) in [7, 11) is 0. The molecule has 1 fully saturated rings. The number of likely N-dealkylation sites (N-methyl/N-ethyl adjacent to an activating group) is 1. The Balaban J connectivity index is 1.66. The predicted molar refractivity (Wildman–Crippen MR) is 83.6 cm³/mol. The number of hydrogen-bond donors (Lipinski definition) is 1. The molecule has 0 bridgehead atoms. The molecule has 2 aromatic rings. The Kier molecular flexibility index (Phi) is 4.40. The van der Waals surface area contributed by atoms with E-state index in [0.29, 0.717) is 5.92 Å². The van der Waals surface area contributed by atoms with Crippen LogP contribution in [0.2, 0.25) is 0 Å². The van der Waals surface area contributed by atoms with Crippen molar-refractivity contribution < 1.29 is 0 Å². The molecule has 0 aromatic carbocycles. The number of nitrogens with one attached hydrogen (secondary N) is 1. The van der Waals surface area contributed by atoms with E-state index in [2.05, 4.69) is 32.1 Å².